The van der Waals surface area contributed by atoms with Gasteiger partial charge in [0.2, 0.25) is 0 Å². The highest BCUT2D eigenvalue weighted by molar-refractivity contribution is 8.76. The molecule has 2 aromatic rings. The second-order valence-corrected chi connectivity index (χ2v) is 8.39. The summed E-state index contributed by atoms with van der Waals surface area (Å²) >= 11 is 0. The van der Waals surface area contributed by atoms with Crippen molar-refractivity contribution >= 4 is 27.7 Å². The van der Waals surface area contributed by atoms with Gasteiger partial charge >= 0.3 is 6.09 Å². The van der Waals surface area contributed by atoms with E-state index >= 15 is 0 Å². The van der Waals surface area contributed by atoms with Crippen LogP contribution >= 0.6 is 21.6 Å². The molecule has 0 saturated heterocycles. The number of benzene rings is 2. The molecule has 1 aliphatic rings. The molecule has 0 unspecified atom stereocenters. The Kier molecular flexibility index (Phi) is 6.67. The molecule has 25 heavy (non-hydrogen) atoms. The summed E-state index contributed by atoms with van der Waals surface area (Å²) in [5, 5.41) is 2.80. The second kappa shape index (κ2) is 9.17. The van der Waals surface area contributed by atoms with Gasteiger partial charge in [-0.3, -0.25) is 0 Å². The van der Waals surface area contributed by atoms with Crippen LogP contribution in [0, 0.1) is 0 Å². The van der Waals surface area contributed by atoms with Crippen LogP contribution in [-0.2, 0) is 4.74 Å². The monoisotopic (exact) mass is 374 g/mol. The highest BCUT2D eigenvalue weighted by Crippen LogP contribution is 2.44. The molecular formula is C19H22N2O2S2. The van der Waals surface area contributed by atoms with Gasteiger partial charge in [-0.05, 0) is 22.3 Å². The van der Waals surface area contributed by atoms with Gasteiger partial charge in [-0.15, -0.1) is 0 Å². The van der Waals surface area contributed by atoms with E-state index in [4.69, 9.17) is 10.5 Å². The summed E-state index contributed by atoms with van der Waals surface area (Å²) in [6, 6.07) is 16.7. The van der Waals surface area contributed by atoms with Crippen LogP contribution in [0.5, 0.6) is 0 Å². The average Bonchev–Trinajstić information content (AvgIpc) is 2.97. The Morgan fingerprint density at radius 3 is 2.24 bits per heavy atom. The third-order valence-corrected chi connectivity index (χ3v) is 6.52. The Morgan fingerprint density at radius 1 is 1.00 bits per heavy atom. The highest BCUT2D eigenvalue weighted by atomic mass is 33.1. The number of fused-ring (bicyclic) bond motifs is 3. The molecule has 0 spiro atoms. The van der Waals surface area contributed by atoms with Crippen molar-refractivity contribution in [1.29, 1.82) is 0 Å². The van der Waals surface area contributed by atoms with Gasteiger partial charge in [-0.1, -0.05) is 70.1 Å². The first-order chi connectivity index (χ1) is 12.3. The molecule has 1 amide bonds. The third kappa shape index (κ3) is 4.51. The summed E-state index contributed by atoms with van der Waals surface area (Å²) in [6.07, 6.45) is -0.355. The van der Waals surface area contributed by atoms with Crippen LogP contribution in [0.3, 0.4) is 0 Å². The molecule has 0 fully saturated rings. The lowest BCUT2D eigenvalue weighted by Crippen LogP contribution is -2.27. The predicted molar refractivity (Wildman–Crippen MR) is 107 cm³/mol. The number of alkyl carbamates (subject to hydrolysis) is 1. The summed E-state index contributed by atoms with van der Waals surface area (Å²) in [7, 11) is 3.43. The van der Waals surface area contributed by atoms with Crippen molar-refractivity contribution in [3.05, 3.63) is 59.7 Å². The zero-order valence-corrected chi connectivity index (χ0v) is 15.6. The van der Waals surface area contributed by atoms with Crippen molar-refractivity contribution in [2.24, 2.45) is 5.73 Å². The molecule has 3 rings (SSSR count). The fraction of sp³-hybridized carbons (Fsp3) is 0.316. The molecule has 0 aromatic heterocycles. The molecule has 0 saturated carbocycles. The second-order valence-electron chi connectivity index (χ2n) is 5.68. The SMILES string of the molecule is NCCSSCCNC(=O)OCC1c2ccccc2-c2ccccc21. The molecule has 6 heteroatoms. The Labute approximate surface area is 156 Å². The molecule has 0 aliphatic heterocycles. The number of rotatable bonds is 8. The first kappa shape index (κ1) is 18.2. The molecule has 0 heterocycles. The van der Waals surface area contributed by atoms with E-state index in [0.29, 0.717) is 19.7 Å². The van der Waals surface area contributed by atoms with E-state index in [9.17, 15) is 4.79 Å². The van der Waals surface area contributed by atoms with Crippen molar-refractivity contribution in [2.45, 2.75) is 5.92 Å². The molecule has 0 bridgehead atoms. The molecule has 1 aliphatic carbocycles. The highest BCUT2D eigenvalue weighted by Gasteiger charge is 2.28. The van der Waals surface area contributed by atoms with E-state index in [1.165, 1.54) is 22.3 Å². The maximum absolute atomic E-state index is 11.9. The summed E-state index contributed by atoms with van der Waals surface area (Å²) in [4.78, 5) is 11.9. The largest absolute Gasteiger partial charge is 0.449 e. The van der Waals surface area contributed by atoms with E-state index in [2.05, 4.69) is 29.6 Å². The topological polar surface area (TPSA) is 64.3 Å². The van der Waals surface area contributed by atoms with Crippen molar-refractivity contribution < 1.29 is 9.53 Å². The van der Waals surface area contributed by atoms with E-state index in [0.717, 1.165) is 11.5 Å². The third-order valence-electron chi connectivity index (χ3n) is 4.08. The number of nitrogens with one attached hydrogen (secondary N) is 1. The van der Waals surface area contributed by atoms with E-state index in [1.54, 1.807) is 21.6 Å². The van der Waals surface area contributed by atoms with Crippen molar-refractivity contribution in [2.75, 3.05) is 31.2 Å². The minimum absolute atomic E-state index is 0.104. The number of carbonyl (C=O) groups excluding carboxylic acids is 1. The number of hydrogen-bond donors (Lipinski definition) is 2. The van der Waals surface area contributed by atoms with Crippen LogP contribution < -0.4 is 11.1 Å². The molecule has 3 N–H and O–H groups in total. The van der Waals surface area contributed by atoms with Crippen LogP contribution in [0.15, 0.2) is 48.5 Å². The fourth-order valence-corrected chi connectivity index (χ4v) is 4.77. The van der Waals surface area contributed by atoms with E-state index in [1.807, 2.05) is 24.3 Å². The zero-order valence-electron chi connectivity index (χ0n) is 13.9. The van der Waals surface area contributed by atoms with Crippen molar-refractivity contribution in [1.82, 2.24) is 5.32 Å². The average molecular weight is 375 g/mol. The molecule has 0 radical (unpaired) electrons. The number of amides is 1. The Hall–Kier alpha value is -1.63. The van der Waals surface area contributed by atoms with E-state index < -0.39 is 0 Å². The Balaban J connectivity index is 1.52. The van der Waals surface area contributed by atoms with Gasteiger partial charge in [0.05, 0.1) is 0 Å². The van der Waals surface area contributed by atoms with Gasteiger partial charge in [0, 0.05) is 30.5 Å². The van der Waals surface area contributed by atoms with Gasteiger partial charge in [-0.25, -0.2) is 4.79 Å². The first-order valence-electron chi connectivity index (χ1n) is 8.34. The van der Waals surface area contributed by atoms with Crippen LogP contribution in [0.2, 0.25) is 0 Å². The van der Waals surface area contributed by atoms with E-state index in [-0.39, 0.29) is 12.0 Å². The maximum Gasteiger partial charge on any atom is 0.407 e. The Bertz CT molecular complexity index is 679. The van der Waals surface area contributed by atoms with Gasteiger partial charge in [0.15, 0.2) is 0 Å². The molecule has 4 nitrogen and oxygen atoms in total. The lowest BCUT2D eigenvalue weighted by atomic mass is 9.98. The number of nitrogens with two attached hydrogens (primary N) is 1. The lowest BCUT2D eigenvalue weighted by molar-refractivity contribution is 0.143. The summed E-state index contributed by atoms with van der Waals surface area (Å²) < 4.78 is 5.48. The minimum Gasteiger partial charge on any atom is -0.449 e. The molecule has 0 atom stereocenters. The van der Waals surface area contributed by atoms with Gasteiger partial charge in [-0.2, -0.15) is 0 Å². The molecule has 2 aromatic carbocycles. The normalized spacial score (nSPS) is 12.5. The van der Waals surface area contributed by atoms with Crippen molar-refractivity contribution in [3.63, 3.8) is 0 Å². The van der Waals surface area contributed by atoms with Crippen LogP contribution in [0.1, 0.15) is 17.0 Å². The lowest BCUT2D eigenvalue weighted by Gasteiger charge is -2.14. The first-order valence-corrected chi connectivity index (χ1v) is 10.8. The molecule has 132 valence electrons. The standard InChI is InChI=1S/C19H22N2O2S2/c20-9-11-24-25-12-10-21-19(22)23-13-18-16-7-3-1-5-14(16)15-6-2-4-8-17(15)18/h1-8,18H,9-13,20H2,(H,21,22). The fourth-order valence-electron chi connectivity index (χ4n) is 3.01. The van der Waals surface area contributed by atoms with Crippen LogP contribution in [0.4, 0.5) is 4.79 Å². The van der Waals surface area contributed by atoms with Crippen LogP contribution in [-0.4, -0.2) is 37.3 Å². The quantitative estimate of drug-likeness (QED) is 0.542. The minimum atomic E-state index is -0.355. The van der Waals surface area contributed by atoms with Gasteiger partial charge < -0.3 is 15.8 Å². The van der Waals surface area contributed by atoms with Gasteiger partial charge in [0.25, 0.3) is 0 Å². The Morgan fingerprint density at radius 2 is 1.60 bits per heavy atom. The number of carbonyl (C=O) groups is 1. The summed E-state index contributed by atoms with van der Waals surface area (Å²) in [6.45, 7) is 1.63. The predicted octanol–water partition coefficient (Wildman–Crippen LogP) is 3.87. The van der Waals surface area contributed by atoms with Gasteiger partial charge in [0.1, 0.15) is 6.61 Å². The molecular weight excluding hydrogens is 352 g/mol. The zero-order chi connectivity index (χ0) is 17.5. The number of hydrogen-bond acceptors (Lipinski definition) is 5. The number of ether oxygens (including phenoxy) is 1. The summed E-state index contributed by atoms with van der Waals surface area (Å²) in [5.74, 6) is 1.87. The van der Waals surface area contributed by atoms with Crippen LogP contribution in [0.25, 0.3) is 11.1 Å². The van der Waals surface area contributed by atoms with Crippen molar-refractivity contribution in [3.8, 4) is 11.1 Å². The summed E-state index contributed by atoms with van der Waals surface area (Å²) in [5.41, 5.74) is 10.4. The maximum atomic E-state index is 11.9. The smallest absolute Gasteiger partial charge is 0.407 e.